The number of nitrogens with one attached hydrogen (secondary N) is 2. The lowest BCUT2D eigenvalue weighted by Gasteiger charge is -2.07. The van der Waals surface area contributed by atoms with Gasteiger partial charge in [-0.1, -0.05) is 0 Å². The molecule has 0 bridgehead atoms. The van der Waals surface area contributed by atoms with Crippen LogP contribution in [0.2, 0.25) is 0 Å². The van der Waals surface area contributed by atoms with Gasteiger partial charge < -0.3 is 10.2 Å². The normalized spacial score (nSPS) is 11.5. The number of anilines is 2. The van der Waals surface area contributed by atoms with Crippen molar-refractivity contribution in [2.75, 3.05) is 24.1 Å². The van der Waals surface area contributed by atoms with Crippen molar-refractivity contribution in [2.24, 2.45) is 0 Å². The number of nitrogens with zero attached hydrogens (tertiary/aromatic N) is 2. The monoisotopic (exact) mass is 354 g/mol. The van der Waals surface area contributed by atoms with Gasteiger partial charge in [0, 0.05) is 24.5 Å². The van der Waals surface area contributed by atoms with Crippen molar-refractivity contribution in [3.63, 3.8) is 0 Å². The molecule has 2 N–H and O–H groups in total. The van der Waals surface area contributed by atoms with Gasteiger partial charge in [-0.15, -0.1) is 11.3 Å². The number of hydrogen-bond donors (Lipinski definition) is 2. The highest BCUT2D eigenvalue weighted by atomic mass is 32.2. The number of thiazole rings is 1. The summed E-state index contributed by atoms with van der Waals surface area (Å²) in [6.07, 6.45) is 0. The average Bonchev–Trinajstić information content (AvgIpc) is 2.84. The second-order valence-electron chi connectivity index (χ2n) is 5.19. The summed E-state index contributed by atoms with van der Waals surface area (Å²) in [5.41, 5.74) is 1.35. The highest BCUT2D eigenvalue weighted by Gasteiger charge is 2.16. The zero-order chi connectivity index (χ0) is 17.0. The average molecular weight is 354 g/mol. The van der Waals surface area contributed by atoms with Crippen LogP contribution in [-0.4, -0.2) is 38.3 Å². The molecule has 0 aliphatic heterocycles. The maximum absolute atomic E-state index is 12.3. The Labute approximate surface area is 139 Å². The first-order chi connectivity index (χ1) is 10.8. The molecule has 1 amide bonds. The summed E-state index contributed by atoms with van der Waals surface area (Å²) in [7, 11) is 0.131. The number of amides is 1. The van der Waals surface area contributed by atoms with Crippen molar-refractivity contribution in [3.05, 3.63) is 35.3 Å². The number of rotatable bonds is 6. The van der Waals surface area contributed by atoms with Crippen molar-refractivity contribution in [1.29, 1.82) is 0 Å². The molecule has 0 aliphatic rings. The summed E-state index contributed by atoms with van der Waals surface area (Å²) in [6, 6.07) is 5.94. The number of hydrogen-bond acceptors (Lipinski definition) is 6. The molecular formula is C14H18N4O3S2. The van der Waals surface area contributed by atoms with E-state index in [4.69, 9.17) is 0 Å². The number of benzene rings is 1. The van der Waals surface area contributed by atoms with Gasteiger partial charge in [-0.3, -0.25) is 9.52 Å². The predicted molar refractivity (Wildman–Crippen MR) is 91.1 cm³/mol. The molecule has 2 rings (SSSR count). The van der Waals surface area contributed by atoms with Crippen LogP contribution in [0.15, 0.2) is 34.5 Å². The Balaban J connectivity index is 2.12. The van der Waals surface area contributed by atoms with Gasteiger partial charge in [0.15, 0.2) is 5.13 Å². The van der Waals surface area contributed by atoms with E-state index in [0.29, 0.717) is 17.4 Å². The van der Waals surface area contributed by atoms with E-state index in [-0.39, 0.29) is 10.8 Å². The Hall–Kier alpha value is -1.97. The van der Waals surface area contributed by atoms with Gasteiger partial charge in [-0.25, -0.2) is 13.4 Å². The molecule has 1 heterocycles. The minimum Gasteiger partial charge on any atom is -0.326 e. The number of aromatic nitrogens is 1. The zero-order valence-electron chi connectivity index (χ0n) is 13.0. The van der Waals surface area contributed by atoms with Crippen molar-refractivity contribution < 1.29 is 13.2 Å². The molecule has 1 aromatic carbocycles. The molecule has 0 aliphatic carbocycles. The van der Waals surface area contributed by atoms with Gasteiger partial charge in [0.2, 0.25) is 5.91 Å². The van der Waals surface area contributed by atoms with Crippen LogP contribution in [0.25, 0.3) is 0 Å². The molecule has 124 valence electrons. The van der Waals surface area contributed by atoms with Gasteiger partial charge in [0.25, 0.3) is 10.0 Å². The molecule has 0 spiro atoms. The number of carbonyl (C=O) groups excluding carboxylic acids is 1. The molecule has 9 heteroatoms. The third kappa shape index (κ3) is 5.02. The lowest BCUT2D eigenvalue weighted by Crippen LogP contribution is -2.14. The molecule has 0 unspecified atom stereocenters. The molecule has 1 aromatic heterocycles. The quantitative estimate of drug-likeness (QED) is 0.827. The lowest BCUT2D eigenvalue weighted by atomic mass is 10.3. The highest BCUT2D eigenvalue weighted by Crippen LogP contribution is 2.21. The maximum atomic E-state index is 12.3. The standard InChI is InChI=1S/C14H18N4O3S2/c1-10(19)15-11-4-6-13(7-5-11)23(20,21)17-14-16-12(9-22-14)8-18(2)3/h4-7,9H,8H2,1-3H3,(H,15,19)(H,16,17). The van der Waals surface area contributed by atoms with Crippen LogP contribution in [0.4, 0.5) is 10.8 Å². The second kappa shape index (κ2) is 7.07. The third-order valence-corrected chi connectivity index (χ3v) is 5.03. The van der Waals surface area contributed by atoms with E-state index in [1.54, 1.807) is 0 Å². The van der Waals surface area contributed by atoms with Crippen molar-refractivity contribution in [1.82, 2.24) is 9.88 Å². The zero-order valence-corrected chi connectivity index (χ0v) is 14.7. The molecule has 2 aromatic rings. The Morgan fingerprint density at radius 2 is 1.91 bits per heavy atom. The van der Waals surface area contributed by atoms with E-state index in [2.05, 4.69) is 15.0 Å². The smallest absolute Gasteiger partial charge is 0.263 e. The van der Waals surface area contributed by atoms with Gasteiger partial charge in [0.1, 0.15) is 0 Å². The van der Waals surface area contributed by atoms with E-state index < -0.39 is 10.0 Å². The van der Waals surface area contributed by atoms with Gasteiger partial charge in [0.05, 0.1) is 10.6 Å². The van der Waals surface area contributed by atoms with Crippen molar-refractivity contribution in [3.8, 4) is 0 Å². The fourth-order valence-corrected chi connectivity index (χ4v) is 3.80. The number of sulfonamides is 1. The van der Waals surface area contributed by atoms with E-state index in [0.717, 1.165) is 5.69 Å². The SMILES string of the molecule is CC(=O)Nc1ccc(S(=O)(=O)Nc2nc(CN(C)C)cs2)cc1. The summed E-state index contributed by atoms with van der Waals surface area (Å²) >= 11 is 1.24. The third-order valence-electron chi connectivity index (χ3n) is 2.74. The molecule has 0 radical (unpaired) electrons. The summed E-state index contributed by atoms with van der Waals surface area (Å²) in [4.78, 5) is 17.3. The minimum absolute atomic E-state index is 0.107. The topological polar surface area (TPSA) is 91.4 Å². The lowest BCUT2D eigenvalue weighted by molar-refractivity contribution is -0.114. The Kier molecular flexibility index (Phi) is 5.34. The summed E-state index contributed by atoms with van der Waals surface area (Å²) in [6.45, 7) is 2.03. The van der Waals surface area contributed by atoms with Crippen LogP contribution in [0.3, 0.4) is 0 Å². The molecule has 0 atom stereocenters. The largest absolute Gasteiger partial charge is 0.326 e. The highest BCUT2D eigenvalue weighted by molar-refractivity contribution is 7.93. The van der Waals surface area contributed by atoms with E-state index in [1.165, 1.54) is 42.5 Å². The molecule has 0 fully saturated rings. The molecule has 7 nitrogen and oxygen atoms in total. The first-order valence-electron chi connectivity index (χ1n) is 6.76. The Morgan fingerprint density at radius 3 is 2.48 bits per heavy atom. The molecule has 0 saturated carbocycles. The van der Waals surface area contributed by atoms with Crippen LogP contribution in [0, 0.1) is 0 Å². The van der Waals surface area contributed by atoms with Crippen LogP contribution in [-0.2, 0) is 21.4 Å². The fraction of sp³-hybridized carbons (Fsp3) is 0.286. The maximum Gasteiger partial charge on any atom is 0.263 e. The van der Waals surface area contributed by atoms with E-state index in [1.807, 2.05) is 24.4 Å². The Bertz CT molecular complexity index is 783. The van der Waals surface area contributed by atoms with Crippen molar-refractivity contribution >= 4 is 38.1 Å². The summed E-state index contributed by atoms with van der Waals surface area (Å²) in [5, 5.41) is 4.73. The fourth-order valence-electron chi connectivity index (χ4n) is 1.85. The number of carbonyl (C=O) groups is 1. The van der Waals surface area contributed by atoms with E-state index >= 15 is 0 Å². The molecule has 0 saturated heterocycles. The van der Waals surface area contributed by atoms with Gasteiger partial charge >= 0.3 is 0 Å². The Morgan fingerprint density at radius 1 is 1.26 bits per heavy atom. The first-order valence-corrected chi connectivity index (χ1v) is 9.12. The van der Waals surface area contributed by atoms with Crippen molar-refractivity contribution in [2.45, 2.75) is 18.4 Å². The van der Waals surface area contributed by atoms with Crippen LogP contribution < -0.4 is 10.0 Å². The van der Waals surface area contributed by atoms with Gasteiger partial charge in [-0.2, -0.15) is 0 Å². The molecular weight excluding hydrogens is 336 g/mol. The van der Waals surface area contributed by atoms with Crippen LogP contribution in [0.5, 0.6) is 0 Å². The van der Waals surface area contributed by atoms with E-state index in [9.17, 15) is 13.2 Å². The second-order valence-corrected chi connectivity index (χ2v) is 7.73. The predicted octanol–water partition coefficient (Wildman–Crippen LogP) is 1.96. The van der Waals surface area contributed by atoms with Gasteiger partial charge in [-0.05, 0) is 38.4 Å². The minimum atomic E-state index is -3.70. The first kappa shape index (κ1) is 17.4. The summed E-state index contributed by atoms with van der Waals surface area (Å²) < 4.78 is 27.1. The van der Waals surface area contributed by atoms with Crippen LogP contribution >= 0.6 is 11.3 Å². The summed E-state index contributed by atoms with van der Waals surface area (Å²) in [5.74, 6) is -0.213. The molecule has 23 heavy (non-hydrogen) atoms. The van der Waals surface area contributed by atoms with Crippen LogP contribution in [0.1, 0.15) is 12.6 Å².